The molecule has 1 aliphatic rings. The predicted molar refractivity (Wildman–Crippen MR) is 123 cm³/mol. The molecule has 0 aliphatic carbocycles. The van der Waals surface area contributed by atoms with Crippen LogP contribution in [0.3, 0.4) is 0 Å². The number of likely N-dealkylation sites (tertiary alicyclic amines) is 1. The first-order valence-corrected chi connectivity index (χ1v) is 11.9. The van der Waals surface area contributed by atoms with E-state index in [0.717, 1.165) is 21.3 Å². The molecule has 0 saturated carbocycles. The fourth-order valence-electron chi connectivity index (χ4n) is 3.99. The van der Waals surface area contributed by atoms with Crippen molar-refractivity contribution in [2.45, 2.75) is 17.3 Å². The molecule has 0 radical (unpaired) electrons. The lowest BCUT2D eigenvalue weighted by Crippen LogP contribution is -2.54. The number of halogens is 2. The number of amides is 1. The van der Waals surface area contributed by atoms with Crippen LogP contribution in [0.15, 0.2) is 55.1 Å². The maximum atomic E-state index is 14.8. The van der Waals surface area contributed by atoms with E-state index >= 15 is 0 Å². The normalized spacial score (nSPS) is 20.4. The van der Waals surface area contributed by atoms with Crippen LogP contribution in [0.5, 0.6) is 5.75 Å². The van der Waals surface area contributed by atoms with E-state index in [9.17, 15) is 22.0 Å². The zero-order chi connectivity index (χ0) is 25.1. The Balaban J connectivity index is 1.97. The van der Waals surface area contributed by atoms with E-state index in [2.05, 4.69) is 6.58 Å². The number of nitrogens with two attached hydrogens (primary N) is 1. The second-order valence-electron chi connectivity index (χ2n) is 8.05. The number of carbonyl (C=O) groups excluding carboxylic acids is 1. The minimum atomic E-state index is -4.18. The third-order valence-corrected chi connectivity index (χ3v) is 8.07. The lowest BCUT2D eigenvalue weighted by atomic mass is 9.89. The van der Waals surface area contributed by atoms with Crippen LogP contribution >= 0.6 is 0 Å². The molecule has 1 heterocycles. The van der Waals surface area contributed by atoms with Gasteiger partial charge in [0.25, 0.3) is 0 Å². The van der Waals surface area contributed by atoms with Crippen molar-refractivity contribution < 1.29 is 31.5 Å². The zero-order valence-electron chi connectivity index (χ0n) is 18.9. The van der Waals surface area contributed by atoms with Gasteiger partial charge in [0.15, 0.2) is 0 Å². The van der Waals surface area contributed by atoms with Crippen molar-refractivity contribution >= 4 is 16.1 Å². The number of rotatable bonds is 8. The van der Waals surface area contributed by atoms with E-state index in [-0.39, 0.29) is 31.8 Å². The van der Waals surface area contributed by atoms with Crippen LogP contribution in [0.25, 0.3) is 0 Å². The monoisotopic (exact) mass is 495 g/mol. The lowest BCUT2D eigenvalue weighted by Gasteiger charge is -2.33. The maximum Gasteiger partial charge on any atom is 0.410 e. The lowest BCUT2D eigenvalue weighted by molar-refractivity contribution is 0.119. The molecule has 1 amide bonds. The minimum Gasteiger partial charge on any atom is -0.497 e. The Kier molecular flexibility index (Phi) is 7.59. The summed E-state index contributed by atoms with van der Waals surface area (Å²) in [5, 5.41) is -1.42. The quantitative estimate of drug-likeness (QED) is 0.565. The van der Waals surface area contributed by atoms with E-state index in [1.165, 1.54) is 20.2 Å². The Morgan fingerprint density at radius 3 is 2.56 bits per heavy atom. The summed E-state index contributed by atoms with van der Waals surface area (Å²) in [6.45, 7) is 2.71. The summed E-state index contributed by atoms with van der Waals surface area (Å²) in [6.07, 6.45) is 0.549. The van der Waals surface area contributed by atoms with Gasteiger partial charge in [-0.1, -0.05) is 30.9 Å². The summed E-state index contributed by atoms with van der Waals surface area (Å²) >= 11 is 0. The van der Waals surface area contributed by atoms with Crippen LogP contribution in [0.2, 0.25) is 0 Å². The Labute approximate surface area is 197 Å². The highest BCUT2D eigenvalue weighted by atomic mass is 32.2. The van der Waals surface area contributed by atoms with Gasteiger partial charge >= 0.3 is 6.09 Å². The van der Waals surface area contributed by atoms with Gasteiger partial charge in [-0.3, -0.25) is 0 Å². The second kappa shape index (κ2) is 10.1. The number of sulfonamides is 1. The second-order valence-corrected chi connectivity index (χ2v) is 10.3. The minimum absolute atomic E-state index is 0.00567. The molecule has 0 aromatic heterocycles. The summed E-state index contributed by atoms with van der Waals surface area (Å²) < 4.78 is 66.8. The summed E-state index contributed by atoms with van der Waals surface area (Å²) in [6, 6.07) is 9.56. The van der Waals surface area contributed by atoms with Gasteiger partial charge in [-0.05, 0) is 23.8 Å². The molecule has 2 unspecified atom stereocenters. The smallest absolute Gasteiger partial charge is 0.410 e. The average Bonchev–Trinajstić information content (AvgIpc) is 3.17. The van der Waals surface area contributed by atoms with Crippen LogP contribution in [0.4, 0.5) is 13.6 Å². The van der Waals surface area contributed by atoms with Gasteiger partial charge < -0.3 is 20.1 Å². The van der Waals surface area contributed by atoms with Crippen LogP contribution in [0.1, 0.15) is 11.1 Å². The van der Waals surface area contributed by atoms with Crippen molar-refractivity contribution in [3.8, 4) is 5.75 Å². The number of carbonyl (C=O) groups is 1. The first-order valence-electron chi connectivity index (χ1n) is 10.4. The van der Waals surface area contributed by atoms with E-state index in [1.807, 2.05) is 0 Å². The Morgan fingerprint density at radius 1 is 1.29 bits per heavy atom. The number of hydrogen-bond acceptors (Lipinski definition) is 6. The third-order valence-electron chi connectivity index (χ3n) is 5.79. The summed E-state index contributed by atoms with van der Waals surface area (Å²) in [7, 11) is -1.28. The first-order chi connectivity index (χ1) is 16.0. The molecule has 34 heavy (non-hydrogen) atoms. The van der Waals surface area contributed by atoms with Gasteiger partial charge in [0.2, 0.25) is 10.0 Å². The van der Waals surface area contributed by atoms with E-state index in [1.54, 1.807) is 24.3 Å². The number of methoxy groups -OCH3 is 1. The van der Waals surface area contributed by atoms with Gasteiger partial charge in [-0.15, -0.1) is 0 Å². The third kappa shape index (κ3) is 5.06. The molecular weight excluding hydrogens is 468 g/mol. The van der Waals surface area contributed by atoms with Crippen LogP contribution in [-0.2, 0) is 26.8 Å². The molecule has 2 aromatic carbocycles. The van der Waals surface area contributed by atoms with Crippen molar-refractivity contribution in [3.05, 3.63) is 77.9 Å². The van der Waals surface area contributed by atoms with Crippen molar-refractivity contribution in [1.29, 1.82) is 0 Å². The zero-order valence-corrected chi connectivity index (χ0v) is 19.7. The van der Waals surface area contributed by atoms with Crippen molar-refractivity contribution in [1.82, 2.24) is 9.21 Å². The largest absolute Gasteiger partial charge is 0.497 e. The summed E-state index contributed by atoms with van der Waals surface area (Å²) in [4.78, 5) is 13.6. The molecule has 8 nitrogen and oxygen atoms in total. The highest BCUT2D eigenvalue weighted by molar-refractivity contribution is 7.89. The molecule has 1 saturated heterocycles. The average molecular weight is 496 g/mol. The van der Waals surface area contributed by atoms with E-state index in [0.29, 0.717) is 17.4 Å². The van der Waals surface area contributed by atoms with Gasteiger partial charge in [0.1, 0.15) is 29.2 Å². The fourth-order valence-corrected chi connectivity index (χ4v) is 5.85. The van der Waals surface area contributed by atoms with Crippen molar-refractivity contribution in [3.63, 3.8) is 0 Å². The van der Waals surface area contributed by atoms with Crippen LogP contribution in [-0.4, -0.2) is 62.8 Å². The molecule has 2 N–H and O–H groups in total. The molecular formula is C23H27F2N3O5S. The summed E-state index contributed by atoms with van der Waals surface area (Å²) in [5.74, 6) is -1.21. The molecule has 184 valence electrons. The molecule has 0 spiro atoms. The Bertz CT molecular complexity index is 1160. The highest BCUT2D eigenvalue weighted by Crippen LogP contribution is 2.37. The van der Waals surface area contributed by atoms with Crippen molar-refractivity contribution in [2.24, 2.45) is 5.73 Å². The standard InChI is InChI=1S/C23H27F2N3O5S/c1-4-11-33-22(29)28-14-21(23(26,15-28)19-10-7-17(24)12-20(19)25)34(30,31)27(2)13-16-5-8-18(32-3)9-6-16/h4-10,12,21H,1,11,13-15,26H2,2-3H3. The van der Waals surface area contributed by atoms with Crippen LogP contribution < -0.4 is 10.5 Å². The van der Waals surface area contributed by atoms with Gasteiger partial charge in [-0.25, -0.2) is 26.3 Å². The number of ether oxygens (including phenoxy) is 2. The number of benzene rings is 2. The summed E-state index contributed by atoms with van der Waals surface area (Å²) in [5.41, 5.74) is 5.16. The predicted octanol–water partition coefficient (Wildman–Crippen LogP) is 2.60. The molecule has 11 heteroatoms. The fraction of sp³-hybridized carbons (Fsp3) is 0.348. The molecule has 2 aromatic rings. The number of nitrogens with zero attached hydrogens (tertiary/aromatic N) is 2. The first kappa shape index (κ1) is 25.6. The molecule has 1 aliphatic heterocycles. The Hall–Kier alpha value is -3.02. The van der Waals surface area contributed by atoms with E-state index < -0.39 is 38.5 Å². The van der Waals surface area contributed by atoms with E-state index in [4.69, 9.17) is 15.2 Å². The molecule has 2 atom stereocenters. The Morgan fingerprint density at radius 2 is 1.97 bits per heavy atom. The maximum absolute atomic E-state index is 14.8. The van der Waals surface area contributed by atoms with Gasteiger partial charge in [-0.2, -0.15) is 0 Å². The molecule has 0 bridgehead atoms. The van der Waals surface area contributed by atoms with Crippen LogP contribution in [0, 0.1) is 11.6 Å². The highest BCUT2D eigenvalue weighted by Gasteiger charge is 2.55. The topological polar surface area (TPSA) is 102 Å². The van der Waals surface area contributed by atoms with Gasteiger partial charge in [0.05, 0.1) is 12.6 Å². The number of hydrogen-bond donors (Lipinski definition) is 1. The van der Waals surface area contributed by atoms with Gasteiger partial charge in [0, 0.05) is 38.3 Å². The molecule has 1 fully saturated rings. The SMILES string of the molecule is C=CCOC(=O)N1CC(S(=O)(=O)N(C)Cc2ccc(OC)cc2)C(N)(c2ccc(F)cc2F)C1. The van der Waals surface area contributed by atoms with Crippen molar-refractivity contribution in [2.75, 3.05) is 33.9 Å². The molecule has 3 rings (SSSR count).